The van der Waals surface area contributed by atoms with Gasteiger partial charge in [-0.3, -0.25) is 18.9 Å². The van der Waals surface area contributed by atoms with Crippen LogP contribution in [0.2, 0.25) is 0 Å². The zero-order valence-electron chi connectivity index (χ0n) is 18.2. The van der Waals surface area contributed by atoms with E-state index in [-0.39, 0.29) is 24.1 Å². The molecule has 5 rings (SSSR count). The molecule has 0 bridgehead atoms. The number of anilines is 1. The normalized spacial score (nSPS) is 22.5. The van der Waals surface area contributed by atoms with Crippen molar-refractivity contribution >= 4 is 51.7 Å². The summed E-state index contributed by atoms with van der Waals surface area (Å²) in [4.78, 5) is 33.2. The fraction of sp³-hybridized carbons (Fsp3) is 0.333. The number of hydrogen-bond donors (Lipinski definition) is 1. The zero-order valence-corrected chi connectivity index (χ0v) is 19.8. The predicted molar refractivity (Wildman–Crippen MR) is 134 cm³/mol. The maximum absolute atomic E-state index is 13.4. The first-order valence-electron chi connectivity index (χ1n) is 11.1. The van der Waals surface area contributed by atoms with Crippen molar-refractivity contribution < 1.29 is 9.21 Å². The monoisotopic (exact) mass is 480 g/mol. The minimum absolute atomic E-state index is 0.219. The van der Waals surface area contributed by atoms with Crippen LogP contribution in [0.1, 0.15) is 43.9 Å². The first kappa shape index (κ1) is 21.9. The molecule has 33 heavy (non-hydrogen) atoms. The molecule has 170 valence electrons. The van der Waals surface area contributed by atoms with Crippen LogP contribution in [0.25, 0.3) is 11.7 Å². The van der Waals surface area contributed by atoms with Crippen molar-refractivity contribution in [2.45, 2.75) is 45.2 Å². The molecule has 4 heterocycles. The first-order valence-corrected chi connectivity index (χ1v) is 12.3. The third-order valence-corrected chi connectivity index (χ3v) is 7.55. The van der Waals surface area contributed by atoms with Gasteiger partial charge in [0.1, 0.15) is 21.5 Å². The van der Waals surface area contributed by atoms with Gasteiger partial charge in [-0.15, -0.1) is 0 Å². The number of hydrogen-bond acceptors (Lipinski definition) is 7. The molecular weight excluding hydrogens is 456 g/mol. The molecule has 0 spiro atoms. The molecule has 0 aromatic carbocycles. The van der Waals surface area contributed by atoms with Gasteiger partial charge in [0.15, 0.2) is 0 Å². The van der Waals surface area contributed by atoms with E-state index in [1.54, 1.807) is 36.7 Å². The van der Waals surface area contributed by atoms with Gasteiger partial charge in [-0.25, -0.2) is 4.98 Å². The molecule has 1 saturated heterocycles. The number of furan rings is 1. The minimum atomic E-state index is -0.239. The van der Waals surface area contributed by atoms with Crippen LogP contribution < -0.4 is 10.9 Å². The van der Waals surface area contributed by atoms with Gasteiger partial charge in [0.05, 0.1) is 23.3 Å². The number of carbonyl (C=O) groups excluding carboxylic acids is 1. The van der Waals surface area contributed by atoms with Crippen molar-refractivity contribution in [3.63, 3.8) is 0 Å². The summed E-state index contributed by atoms with van der Waals surface area (Å²) in [6, 6.07) is 9.27. The Hall–Kier alpha value is -2.91. The van der Waals surface area contributed by atoms with Crippen LogP contribution in [0.15, 0.2) is 56.9 Å². The average molecular weight is 481 g/mol. The van der Waals surface area contributed by atoms with E-state index in [9.17, 15) is 9.59 Å². The quantitative estimate of drug-likeness (QED) is 0.420. The number of nitrogens with zero attached hydrogens (tertiary/aromatic N) is 3. The van der Waals surface area contributed by atoms with Crippen LogP contribution in [0.4, 0.5) is 5.82 Å². The lowest BCUT2D eigenvalue weighted by molar-refractivity contribution is -0.122. The zero-order chi connectivity index (χ0) is 22.9. The molecule has 2 fully saturated rings. The summed E-state index contributed by atoms with van der Waals surface area (Å²) in [6.07, 6.45) is 9.23. The van der Waals surface area contributed by atoms with E-state index in [0.29, 0.717) is 37.9 Å². The van der Waals surface area contributed by atoms with Crippen LogP contribution >= 0.6 is 24.0 Å². The first-order chi connectivity index (χ1) is 16.0. The van der Waals surface area contributed by atoms with Crippen molar-refractivity contribution in [1.82, 2.24) is 14.3 Å². The van der Waals surface area contributed by atoms with E-state index in [1.807, 2.05) is 12.1 Å². The number of nitrogens with one attached hydrogen (secondary N) is 1. The highest BCUT2D eigenvalue weighted by molar-refractivity contribution is 8.26. The van der Waals surface area contributed by atoms with E-state index >= 15 is 0 Å². The molecule has 1 N–H and O–H groups in total. The Balaban J connectivity index is 1.51. The van der Waals surface area contributed by atoms with Gasteiger partial charge in [-0.1, -0.05) is 37.0 Å². The lowest BCUT2D eigenvalue weighted by atomic mass is 9.87. The highest BCUT2D eigenvalue weighted by atomic mass is 32.2. The molecule has 1 aliphatic carbocycles. The van der Waals surface area contributed by atoms with Gasteiger partial charge in [-0.05, 0) is 61.9 Å². The van der Waals surface area contributed by atoms with Gasteiger partial charge >= 0.3 is 0 Å². The van der Waals surface area contributed by atoms with Crippen LogP contribution in [-0.4, -0.2) is 30.6 Å². The second kappa shape index (κ2) is 9.15. The van der Waals surface area contributed by atoms with Crippen LogP contribution in [0.3, 0.4) is 0 Å². The summed E-state index contributed by atoms with van der Waals surface area (Å²) in [5, 5.41) is 3.50. The maximum atomic E-state index is 13.4. The van der Waals surface area contributed by atoms with Gasteiger partial charge < -0.3 is 9.73 Å². The standard InChI is InChI=1S/C24H24N4O3S2/c1-15-7-9-16(10-8-15)25-21-18(22(29)27-11-3-2-6-20(27)26-21)13-19-23(30)28(24(32)33-19)14-17-5-4-12-31-17/h2-6,11-13,15-16,25H,7-10,14H2,1H3. The van der Waals surface area contributed by atoms with Gasteiger partial charge in [0, 0.05) is 12.2 Å². The topological polar surface area (TPSA) is 79.9 Å². The lowest BCUT2D eigenvalue weighted by Gasteiger charge is -2.27. The third kappa shape index (κ3) is 4.47. The van der Waals surface area contributed by atoms with E-state index in [1.165, 1.54) is 21.1 Å². The summed E-state index contributed by atoms with van der Waals surface area (Å²) in [7, 11) is 0. The van der Waals surface area contributed by atoms with Gasteiger partial charge in [0.25, 0.3) is 11.5 Å². The number of carbonyl (C=O) groups is 1. The predicted octanol–water partition coefficient (Wildman–Crippen LogP) is 4.68. The van der Waals surface area contributed by atoms with E-state index in [0.717, 1.165) is 25.7 Å². The Morgan fingerprint density at radius 2 is 2.03 bits per heavy atom. The molecule has 0 unspecified atom stereocenters. The maximum Gasteiger partial charge on any atom is 0.267 e. The molecule has 0 radical (unpaired) electrons. The van der Waals surface area contributed by atoms with Crippen molar-refractivity contribution in [1.29, 1.82) is 0 Å². The summed E-state index contributed by atoms with van der Waals surface area (Å²) >= 11 is 6.63. The van der Waals surface area contributed by atoms with Gasteiger partial charge in [0.2, 0.25) is 0 Å². The number of rotatable bonds is 5. The largest absolute Gasteiger partial charge is 0.467 e. The Labute approximate surface area is 200 Å². The highest BCUT2D eigenvalue weighted by Crippen LogP contribution is 2.34. The molecule has 7 nitrogen and oxygen atoms in total. The number of pyridine rings is 1. The summed E-state index contributed by atoms with van der Waals surface area (Å²) < 4.78 is 7.31. The third-order valence-electron chi connectivity index (χ3n) is 6.17. The van der Waals surface area contributed by atoms with Crippen LogP contribution in [0.5, 0.6) is 0 Å². The molecular formula is C24H24N4O3S2. The highest BCUT2D eigenvalue weighted by Gasteiger charge is 2.33. The molecule has 2 aliphatic rings. The molecule has 0 atom stereocenters. The van der Waals surface area contributed by atoms with Gasteiger partial charge in [-0.2, -0.15) is 0 Å². The van der Waals surface area contributed by atoms with Crippen molar-refractivity contribution in [3.05, 3.63) is 69.4 Å². The fourth-order valence-electron chi connectivity index (χ4n) is 4.27. The Kier molecular flexibility index (Phi) is 6.07. The Morgan fingerprint density at radius 3 is 2.79 bits per heavy atom. The smallest absolute Gasteiger partial charge is 0.267 e. The number of thiocarbonyl (C=S) groups is 1. The second-order valence-electron chi connectivity index (χ2n) is 8.56. The van der Waals surface area contributed by atoms with Crippen molar-refractivity contribution in [3.8, 4) is 0 Å². The van der Waals surface area contributed by atoms with Crippen LogP contribution in [0, 0.1) is 5.92 Å². The summed E-state index contributed by atoms with van der Waals surface area (Å²) in [5.41, 5.74) is 0.719. The summed E-state index contributed by atoms with van der Waals surface area (Å²) in [5.74, 6) is 1.64. The van der Waals surface area contributed by atoms with E-state index in [4.69, 9.17) is 21.6 Å². The van der Waals surface area contributed by atoms with Crippen LogP contribution in [-0.2, 0) is 11.3 Å². The molecule has 1 saturated carbocycles. The van der Waals surface area contributed by atoms with E-state index in [2.05, 4.69) is 12.2 Å². The molecule has 3 aromatic heterocycles. The lowest BCUT2D eigenvalue weighted by Crippen LogP contribution is -2.29. The SMILES string of the molecule is CC1CCC(Nc2nc3ccccn3c(=O)c2C=C2SC(=S)N(Cc3ccco3)C2=O)CC1. The number of fused-ring (bicyclic) bond motifs is 1. The Morgan fingerprint density at radius 1 is 1.21 bits per heavy atom. The minimum Gasteiger partial charge on any atom is -0.467 e. The van der Waals surface area contributed by atoms with Crippen molar-refractivity contribution in [2.75, 3.05) is 5.32 Å². The molecule has 1 aliphatic heterocycles. The molecule has 9 heteroatoms. The van der Waals surface area contributed by atoms with Crippen molar-refractivity contribution in [2.24, 2.45) is 5.92 Å². The summed E-state index contributed by atoms with van der Waals surface area (Å²) in [6.45, 7) is 2.53. The number of aromatic nitrogens is 2. The van der Waals surface area contributed by atoms with E-state index < -0.39 is 0 Å². The number of thioether (sulfide) groups is 1. The molecule has 3 aromatic rings. The molecule has 1 amide bonds. The fourth-order valence-corrected chi connectivity index (χ4v) is 5.50. The Bertz CT molecular complexity index is 1290. The average Bonchev–Trinajstić information content (AvgIpc) is 3.42. The number of amides is 1. The second-order valence-corrected chi connectivity index (χ2v) is 10.2.